The van der Waals surface area contributed by atoms with Gasteiger partial charge in [0.25, 0.3) is 0 Å². The van der Waals surface area contributed by atoms with E-state index in [1.807, 2.05) is 31.3 Å². The highest BCUT2D eigenvalue weighted by atomic mass is 16.5. The van der Waals surface area contributed by atoms with E-state index >= 15 is 0 Å². The molecule has 0 saturated heterocycles. The molecule has 4 nitrogen and oxygen atoms in total. The van der Waals surface area contributed by atoms with Gasteiger partial charge in [0.2, 0.25) is 5.91 Å². The maximum Gasteiger partial charge on any atom is 0.222 e. The average molecular weight is 279 g/mol. The van der Waals surface area contributed by atoms with Crippen molar-refractivity contribution in [3.05, 3.63) is 24.3 Å². The first-order chi connectivity index (χ1) is 9.69. The summed E-state index contributed by atoms with van der Waals surface area (Å²) in [6.07, 6.45) is 3.40. The first-order valence-corrected chi connectivity index (χ1v) is 7.18. The van der Waals surface area contributed by atoms with Gasteiger partial charge in [0.15, 0.2) is 11.5 Å². The van der Waals surface area contributed by atoms with E-state index in [1.165, 1.54) is 0 Å². The summed E-state index contributed by atoms with van der Waals surface area (Å²) in [5, 5.41) is 0. The summed E-state index contributed by atoms with van der Waals surface area (Å²) in [6, 6.07) is 7.53. The number of nitrogens with zero attached hydrogens (tertiary/aromatic N) is 1. The van der Waals surface area contributed by atoms with Crippen molar-refractivity contribution in [2.24, 2.45) is 0 Å². The highest BCUT2D eigenvalue weighted by Crippen LogP contribution is 2.25. The molecule has 0 spiro atoms. The largest absolute Gasteiger partial charge is 0.493 e. The summed E-state index contributed by atoms with van der Waals surface area (Å²) < 4.78 is 10.8. The fourth-order valence-electron chi connectivity index (χ4n) is 1.85. The topological polar surface area (TPSA) is 38.8 Å². The molecule has 1 amide bonds. The van der Waals surface area contributed by atoms with E-state index in [9.17, 15) is 4.79 Å². The second-order valence-electron chi connectivity index (χ2n) is 4.77. The third-order valence-electron chi connectivity index (χ3n) is 3.13. The minimum absolute atomic E-state index is 0.182. The Bertz CT molecular complexity index is 406. The molecule has 0 saturated carbocycles. The molecule has 0 heterocycles. The lowest BCUT2D eigenvalue weighted by Crippen LogP contribution is -2.27. The van der Waals surface area contributed by atoms with Gasteiger partial charge in [-0.1, -0.05) is 25.5 Å². The van der Waals surface area contributed by atoms with Gasteiger partial charge in [0.05, 0.1) is 13.7 Å². The van der Waals surface area contributed by atoms with Crippen molar-refractivity contribution in [1.82, 2.24) is 4.90 Å². The van der Waals surface area contributed by atoms with Gasteiger partial charge in [0.1, 0.15) is 0 Å². The maximum atomic E-state index is 11.8. The number of carbonyl (C=O) groups is 1. The number of methoxy groups -OCH3 is 1. The fourth-order valence-corrected chi connectivity index (χ4v) is 1.85. The molecule has 0 bridgehead atoms. The van der Waals surface area contributed by atoms with Crippen molar-refractivity contribution in [1.29, 1.82) is 0 Å². The lowest BCUT2D eigenvalue weighted by atomic mass is 10.2. The third kappa shape index (κ3) is 5.51. The van der Waals surface area contributed by atoms with E-state index in [4.69, 9.17) is 9.47 Å². The van der Waals surface area contributed by atoms with E-state index < -0.39 is 0 Å². The van der Waals surface area contributed by atoms with E-state index in [1.54, 1.807) is 12.0 Å². The molecular formula is C16H25NO3. The molecule has 0 aromatic heterocycles. The Morgan fingerprint density at radius 2 is 1.90 bits per heavy atom. The Kier molecular flexibility index (Phi) is 7.55. The first kappa shape index (κ1) is 16.3. The molecule has 1 aromatic carbocycles. The van der Waals surface area contributed by atoms with Crippen LogP contribution in [0.15, 0.2) is 24.3 Å². The Hall–Kier alpha value is -1.71. The third-order valence-corrected chi connectivity index (χ3v) is 3.13. The number of ether oxygens (including phenoxy) is 2. The van der Waals surface area contributed by atoms with Gasteiger partial charge in [-0.25, -0.2) is 0 Å². The predicted octanol–water partition coefficient (Wildman–Crippen LogP) is 3.11. The molecule has 0 aliphatic rings. The molecule has 1 aromatic rings. The van der Waals surface area contributed by atoms with Crippen LogP contribution in [0.25, 0.3) is 0 Å². The molecule has 0 N–H and O–H groups in total. The summed E-state index contributed by atoms with van der Waals surface area (Å²) >= 11 is 0. The van der Waals surface area contributed by atoms with Crippen LogP contribution in [0.4, 0.5) is 0 Å². The second-order valence-corrected chi connectivity index (χ2v) is 4.77. The zero-order chi connectivity index (χ0) is 14.8. The Morgan fingerprint density at radius 1 is 1.20 bits per heavy atom. The number of rotatable bonds is 9. The zero-order valence-electron chi connectivity index (χ0n) is 12.7. The summed E-state index contributed by atoms with van der Waals surface area (Å²) in [5.41, 5.74) is 0. The molecular weight excluding hydrogens is 254 g/mol. The summed E-state index contributed by atoms with van der Waals surface area (Å²) in [6.45, 7) is 3.48. The van der Waals surface area contributed by atoms with Crippen LogP contribution in [0.2, 0.25) is 0 Å². The van der Waals surface area contributed by atoms with Crippen LogP contribution in [0.5, 0.6) is 11.5 Å². The number of benzene rings is 1. The standard InChI is InChI=1S/C16H25NO3/c1-4-5-12-17(2)16(18)11-8-13-20-15-10-7-6-9-14(15)19-3/h6-7,9-10H,4-5,8,11-13H2,1-3H3. The van der Waals surface area contributed by atoms with Crippen LogP contribution in [0, 0.1) is 0 Å². The number of unbranched alkanes of at least 4 members (excludes halogenated alkanes) is 1. The molecule has 0 aliphatic heterocycles. The number of hydrogen-bond donors (Lipinski definition) is 0. The van der Waals surface area contributed by atoms with E-state index in [0.29, 0.717) is 19.4 Å². The van der Waals surface area contributed by atoms with Crippen molar-refractivity contribution in [3.8, 4) is 11.5 Å². The molecule has 0 fully saturated rings. The number of carbonyl (C=O) groups excluding carboxylic acids is 1. The SMILES string of the molecule is CCCCN(C)C(=O)CCCOc1ccccc1OC. The second kappa shape index (κ2) is 9.23. The van der Waals surface area contributed by atoms with Crippen LogP contribution in [0.3, 0.4) is 0 Å². The molecule has 1 rings (SSSR count). The van der Waals surface area contributed by atoms with Gasteiger partial charge >= 0.3 is 0 Å². The molecule has 0 aliphatic carbocycles. The lowest BCUT2D eigenvalue weighted by molar-refractivity contribution is -0.130. The lowest BCUT2D eigenvalue weighted by Gasteiger charge is -2.16. The minimum atomic E-state index is 0.182. The van der Waals surface area contributed by atoms with E-state index in [-0.39, 0.29) is 5.91 Å². The fraction of sp³-hybridized carbons (Fsp3) is 0.562. The van der Waals surface area contributed by atoms with Gasteiger partial charge in [-0.3, -0.25) is 4.79 Å². The van der Waals surface area contributed by atoms with Crippen molar-refractivity contribution in [2.75, 3.05) is 27.3 Å². The first-order valence-electron chi connectivity index (χ1n) is 7.18. The highest BCUT2D eigenvalue weighted by Gasteiger charge is 2.08. The van der Waals surface area contributed by atoms with Crippen LogP contribution in [-0.4, -0.2) is 38.1 Å². The van der Waals surface area contributed by atoms with Crippen LogP contribution in [-0.2, 0) is 4.79 Å². The molecule has 20 heavy (non-hydrogen) atoms. The number of para-hydroxylation sites is 2. The zero-order valence-corrected chi connectivity index (χ0v) is 12.7. The maximum absolute atomic E-state index is 11.8. The molecule has 112 valence electrons. The quantitative estimate of drug-likeness (QED) is 0.652. The van der Waals surface area contributed by atoms with Crippen molar-refractivity contribution in [3.63, 3.8) is 0 Å². The molecule has 0 atom stereocenters. The summed E-state index contributed by atoms with van der Waals surface area (Å²) in [5.74, 6) is 1.63. The average Bonchev–Trinajstić information content (AvgIpc) is 2.49. The Balaban J connectivity index is 2.26. The van der Waals surface area contributed by atoms with Crippen LogP contribution < -0.4 is 9.47 Å². The number of hydrogen-bond acceptors (Lipinski definition) is 3. The van der Waals surface area contributed by atoms with Gasteiger partial charge in [-0.15, -0.1) is 0 Å². The smallest absolute Gasteiger partial charge is 0.222 e. The number of amides is 1. The van der Waals surface area contributed by atoms with Crippen LogP contribution in [0.1, 0.15) is 32.6 Å². The Labute approximate surface area is 121 Å². The molecule has 0 radical (unpaired) electrons. The summed E-state index contributed by atoms with van der Waals surface area (Å²) in [4.78, 5) is 13.6. The van der Waals surface area contributed by atoms with Gasteiger partial charge in [-0.2, -0.15) is 0 Å². The molecule has 0 unspecified atom stereocenters. The van der Waals surface area contributed by atoms with Gasteiger partial charge in [-0.05, 0) is 25.0 Å². The molecule has 4 heteroatoms. The van der Waals surface area contributed by atoms with E-state index in [0.717, 1.165) is 30.9 Å². The monoisotopic (exact) mass is 279 g/mol. The van der Waals surface area contributed by atoms with Crippen molar-refractivity contribution >= 4 is 5.91 Å². The van der Waals surface area contributed by atoms with E-state index in [2.05, 4.69) is 6.92 Å². The van der Waals surface area contributed by atoms with Gasteiger partial charge in [0, 0.05) is 20.0 Å². The van der Waals surface area contributed by atoms with Gasteiger partial charge < -0.3 is 14.4 Å². The normalized spacial score (nSPS) is 10.2. The van der Waals surface area contributed by atoms with Crippen molar-refractivity contribution < 1.29 is 14.3 Å². The Morgan fingerprint density at radius 3 is 2.55 bits per heavy atom. The highest BCUT2D eigenvalue weighted by molar-refractivity contribution is 5.75. The minimum Gasteiger partial charge on any atom is -0.493 e. The summed E-state index contributed by atoms with van der Waals surface area (Å²) in [7, 11) is 3.48. The van der Waals surface area contributed by atoms with Crippen molar-refractivity contribution in [2.45, 2.75) is 32.6 Å². The predicted molar refractivity (Wildman–Crippen MR) is 80.3 cm³/mol. The van der Waals surface area contributed by atoms with Crippen LogP contribution >= 0.6 is 0 Å².